The highest BCUT2D eigenvalue weighted by atomic mass is 35.5. The minimum absolute atomic E-state index is 0.0252. The molecule has 1 aromatic carbocycles. The molecule has 0 spiro atoms. The van der Waals surface area contributed by atoms with Crippen molar-refractivity contribution in [2.45, 2.75) is 26.9 Å². The van der Waals surface area contributed by atoms with Crippen LogP contribution in [0, 0.1) is 0 Å². The molecule has 0 aliphatic carbocycles. The van der Waals surface area contributed by atoms with Crippen LogP contribution in [0.4, 0.5) is 4.79 Å². The SMILES string of the molecule is CCOc1cc(/C=N/NC(N)=O)cc(Cl)c1OC(C)C. The summed E-state index contributed by atoms with van der Waals surface area (Å²) in [5, 5.41) is 4.08. The summed E-state index contributed by atoms with van der Waals surface area (Å²) in [6, 6.07) is 2.64. The molecule has 0 aliphatic rings. The van der Waals surface area contributed by atoms with Crippen molar-refractivity contribution in [2.24, 2.45) is 10.8 Å². The summed E-state index contributed by atoms with van der Waals surface area (Å²) in [6.07, 6.45) is 1.39. The van der Waals surface area contributed by atoms with Crippen LogP contribution < -0.4 is 20.6 Å². The number of ether oxygens (including phenoxy) is 2. The number of halogens is 1. The van der Waals surface area contributed by atoms with Gasteiger partial charge in [0, 0.05) is 0 Å². The van der Waals surface area contributed by atoms with Crippen LogP contribution in [0.25, 0.3) is 0 Å². The lowest BCUT2D eigenvalue weighted by Gasteiger charge is -2.16. The van der Waals surface area contributed by atoms with Gasteiger partial charge in [-0.15, -0.1) is 0 Å². The number of carbonyl (C=O) groups excluding carboxylic acids is 1. The summed E-state index contributed by atoms with van der Waals surface area (Å²) in [4.78, 5) is 10.5. The van der Waals surface area contributed by atoms with Gasteiger partial charge < -0.3 is 15.2 Å². The predicted octanol–water partition coefficient (Wildman–Crippen LogP) is 2.53. The monoisotopic (exact) mass is 299 g/mol. The molecule has 0 radical (unpaired) electrons. The molecule has 2 amide bonds. The second kappa shape index (κ2) is 7.59. The van der Waals surface area contributed by atoms with Crippen molar-refractivity contribution in [1.29, 1.82) is 0 Å². The third kappa shape index (κ3) is 4.97. The number of primary amides is 1. The maximum Gasteiger partial charge on any atom is 0.332 e. The first-order chi connectivity index (χ1) is 9.43. The smallest absolute Gasteiger partial charge is 0.332 e. The second-order valence-corrected chi connectivity index (χ2v) is 4.57. The molecule has 0 aromatic heterocycles. The molecule has 7 heteroatoms. The fourth-order valence-corrected chi connectivity index (χ4v) is 1.71. The number of hydrazone groups is 1. The Labute approximate surface area is 122 Å². The van der Waals surface area contributed by atoms with Crippen LogP contribution in [0.1, 0.15) is 26.3 Å². The van der Waals surface area contributed by atoms with E-state index >= 15 is 0 Å². The number of hydrogen-bond donors (Lipinski definition) is 2. The van der Waals surface area contributed by atoms with Crippen LogP contribution in [0.2, 0.25) is 5.02 Å². The third-order valence-electron chi connectivity index (χ3n) is 2.07. The Kier molecular flexibility index (Phi) is 6.11. The summed E-state index contributed by atoms with van der Waals surface area (Å²) >= 11 is 6.18. The highest BCUT2D eigenvalue weighted by Crippen LogP contribution is 2.37. The lowest BCUT2D eigenvalue weighted by atomic mass is 10.2. The van der Waals surface area contributed by atoms with Crippen LogP contribution in [-0.4, -0.2) is 25.0 Å². The fraction of sp³-hybridized carbons (Fsp3) is 0.385. The van der Waals surface area contributed by atoms with Crippen molar-refractivity contribution in [3.63, 3.8) is 0 Å². The molecule has 0 bridgehead atoms. The molecule has 0 saturated heterocycles. The van der Waals surface area contributed by atoms with Gasteiger partial charge in [0.15, 0.2) is 11.5 Å². The third-order valence-corrected chi connectivity index (χ3v) is 2.35. The molecule has 0 aliphatic heterocycles. The number of nitrogens with zero attached hydrogens (tertiary/aromatic N) is 1. The Balaban J connectivity index is 3.05. The molecule has 0 atom stereocenters. The number of urea groups is 1. The molecule has 0 heterocycles. The summed E-state index contributed by atoms with van der Waals surface area (Å²) < 4.78 is 11.1. The summed E-state index contributed by atoms with van der Waals surface area (Å²) in [5.74, 6) is 1.01. The van der Waals surface area contributed by atoms with Crippen LogP contribution >= 0.6 is 11.6 Å². The van der Waals surface area contributed by atoms with Crippen LogP contribution in [0.3, 0.4) is 0 Å². The molecule has 3 N–H and O–H groups in total. The van der Waals surface area contributed by atoms with E-state index < -0.39 is 6.03 Å². The Morgan fingerprint density at radius 3 is 2.80 bits per heavy atom. The number of benzene rings is 1. The zero-order valence-electron chi connectivity index (χ0n) is 11.6. The average molecular weight is 300 g/mol. The van der Waals surface area contributed by atoms with E-state index in [1.165, 1.54) is 6.21 Å². The number of hydrogen-bond acceptors (Lipinski definition) is 4. The predicted molar refractivity (Wildman–Crippen MR) is 78.7 cm³/mol. The van der Waals surface area contributed by atoms with Gasteiger partial charge in [0.2, 0.25) is 0 Å². The van der Waals surface area contributed by atoms with E-state index in [0.29, 0.717) is 28.7 Å². The molecule has 0 fully saturated rings. The lowest BCUT2D eigenvalue weighted by Crippen LogP contribution is -2.24. The van der Waals surface area contributed by atoms with Crippen molar-refractivity contribution in [2.75, 3.05) is 6.61 Å². The number of amides is 2. The Morgan fingerprint density at radius 2 is 2.25 bits per heavy atom. The van der Waals surface area contributed by atoms with E-state index in [-0.39, 0.29) is 6.10 Å². The first-order valence-electron chi connectivity index (χ1n) is 6.15. The van der Waals surface area contributed by atoms with Crippen molar-refractivity contribution < 1.29 is 14.3 Å². The molecular weight excluding hydrogens is 282 g/mol. The first kappa shape index (κ1) is 16.1. The minimum atomic E-state index is -0.739. The van der Waals surface area contributed by atoms with Gasteiger partial charge in [0.05, 0.1) is 23.9 Å². The van der Waals surface area contributed by atoms with Crippen molar-refractivity contribution >= 4 is 23.8 Å². The molecule has 1 rings (SSSR count). The number of nitrogens with one attached hydrogen (secondary N) is 1. The largest absolute Gasteiger partial charge is 0.490 e. The fourth-order valence-electron chi connectivity index (χ4n) is 1.45. The lowest BCUT2D eigenvalue weighted by molar-refractivity contribution is 0.224. The summed E-state index contributed by atoms with van der Waals surface area (Å²) in [7, 11) is 0. The first-order valence-corrected chi connectivity index (χ1v) is 6.53. The average Bonchev–Trinajstić information content (AvgIpc) is 2.33. The highest BCUT2D eigenvalue weighted by molar-refractivity contribution is 6.32. The summed E-state index contributed by atoms with van der Waals surface area (Å²) in [6.45, 7) is 6.14. The summed E-state index contributed by atoms with van der Waals surface area (Å²) in [5.41, 5.74) is 7.67. The van der Waals surface area contributed by atoms with Gasteiger partial charge in [0.1, 0.15) is 0 Å². The maximum atomic E-state index is 10.5. The molecule has 0 saturated carbocycles. The minimum Gasteiger partial charge on any atom is -0.490 e. The van der Waals surface area contributed by atoms with Gasteiger partial charge >= 0.3 is 6.03 Å². The molecule has 1 aromatic rings. The molecule has 6 nitrogen and oxygen atoms in total. The maximum absolute atomic E-state index is 10.5. The topological polar surface area (TPSA) is 85.9 Å². The van der Waals surface area contributed by atoms with Gasteiger partial charge in [-0.3, -0.25) is 0 Å². The second-order valence-electron chi connectivity index (χ2n) is 4.16. The van der Waals surface area contributed by atoms with Crippen LogP contribution in [-0.2, 0) is 0 Å². The molecule has 20 heavy (non-hydrogen) atoms. The van der Waals surface area contributed by atoms with Gasteiger partial charge in [-0.2, -0.15) is 5.10 Å². The number of nitrogens with two attached hydrogens (primary N) is 1. The van der Waals surface area contributed by atoms with Gasteiger partial charge in [-0.25, -0.2) is 10.2 Å². The van der Waals surface area contributed by atoms with E-state index in [0.717, 1.165) is 0 Å². The quantitative estimate of drug-likeness (QED) is 0.625. The van der Waals surface area contributed by atoms with E-state index in [1.807, 2.05) is 20.8 Å². The van der Waals surface area contributed by atoms with E-state index in [2.05, 4.69) is 10.5 Å². The molecular formula is C13H18ClN3O3. The van der Waals surface area contributed by atoms with E-state index in [4.69, 9.17) is 26.8 Å². The number of rotatable bonds is 6. The van der Waals surface area contributed by atoms with Crippen molar-refractivity contribution in [3.05, 3.63) is 22.7 Å². The van der Waals surface area contributed by atoms with E-state index in [1.54, 1.807) is 12.1 Å². The normalized spacial score (nSPS) is 10.8. The Bertz CT molecular complexity index is 504. The standard InChI is InChI=1S/C13H18ClN3O3/c1-4-19-11-6-9(7-16-17-13(15)18)5-10(14)12(11)20-8(2)3/h5-8H,4H2,1-3H3,(H3,15,17,18)/b16-7+. The Morgan fingerprint density at radius 1 is 1.55 bits per heavy atom. The highest BCUT2D eigenvalue weighted by Gasteiger charge is 2.13. The Hall–Kier alpha value is -1.95. The molecule has 0 unspecified atom stereocenters. The molecule has 110 valence electrons. The van der Waals surface area contributed by atoms with Crippen molar-refractivity contribution in [3.8, 4) is 11.5 Å². The van der Waals surface area contributed by atoms with E-state index in [9.17, 15) is 4.79 Å². The van der Waals surface area contributed by atoms with Crippen molar-refractivity contribution in [1.82, 2.24) is 5.43 Å². The van der Waals surface area contributed by atoms with Gasteiger partial charge in [-0.05, 0) is 38.5 Å². The zero-order chi connectivity index (χ0) is 15.1. The van der Waals surface area contributed by atoms with Crippen LogP contribution in [0.15, 0.2) is 17.2 Å². The van der Waals surface area contributed by atoms with Gasteiger partial charge in [-0.1, -0.05) is 11.6 Å². The van der Waals surface area contributed by atoms with Crippen LogP contribution in [0.5, 0.6) is 11.5 Å². The van der Waals surface area contributed by atoms with Gasteiger partial charge in [0.25, 0.3) is 0 Å². The number of carbonyl (C=O) groups is 1. The zero-order valence-corrected chi connectivity index (χ0v) is 12.4.